The number of hydrogen-bond donors (Lipinski definition) is 0. The zero-order valence-corrected chi connectivity index (χ0v) is 9.56. The Morgan fingerprint density at radius 3 is 2.86 bits per heavy atom. The highest BCUT2D eigenvalue weighted by atomic mass is 14.4. The molecule has 1 unspecified atom stereocenters. The van der Waals surface area contributed by atoms with Crippen molar-refractivity contribution in [1.29, 1.82) is 0 Å². The summed E-state index contributed by atoms with van der Waals surface area (Å²) in [6, 6.07) is 6.97. The van der Waals surface area contributed by atoms with Crippen LogP contribution in [0.2, 0.25) is 0 Å². The van der Waals surface area contributed by atoms with Crippen LogP contribution in [-0.4, -0.2) is 0 Å². The number of hydrogen-bond acceptors (Lipinski definition) is 0. The standard InChI is InChI=1S/C14H20/c1-4-8-14(3)9-7-12-6-5-11(2)10-13(12)14/h5-6,10H,4,7-9H2,1-3H3. The van der Waals surface area contributed by atoms with E-state index in [1.807, 2.05) is 0 Å². The summed E-state index contributed by atoms with van der Waals surface area (Å²) in [5, 5.41) is 0. The van der Waals surface area contributed by atoms with Gasteiger partial charge in [-0.2, -0.15) is 0 Å². The van der Waals surface area contributed by atoms with Gasteiger partial charge in [0, 0.05) is 0 Å². The minimum Gasteiger partial charge on any atom is -0.0654 e. The Bertz CT molecular complexity index is 334. The highest BCUT2D eigenvalue weighted by Crippen LogP contribution is 2.42. The van der Waals surface area contributed by atoms with Crippen LogP contribution in [0.1, 0.15) is 49.8 Å². The summed E-state index contributed by atoms with van der Waals surface area (Å²) < 4.78 is 0. The molecule has 0 nitrogen and oxygen atoms in total. The van der Waals surface area contributed by atoms with Crippen LogP contribution in [-0.2, 0) is 11.8 Å². The topological polar surface area (TPSA) is 0 Å². The Hall–Kier alpha value is -0.780. The monoisotopic (exact) mass is 188 g/mol. The molecule has 1 aliphatic rings. The van der Waals surface area contributed by atoms with Gasteiger partial charge in [0.1, 0.15) is 0 Å². The van der Waals surface area contributed by atoms with Crippen LogP contribution in [0.5, 0.6) is 0 Å². The van der Waals surface area contributed by atoms with Gasteiger partial charge in [0.05, 0.1) is 0 Å². The molecule has 1 aromatic carbocycles. The first-order valence-electron chi connectivity index (χ1n) is 5.76. The molecule has 0 heterocycles. The normalized spacial score (nSPS) is 25.1. The molecular formula is C14H20. The lowest BCUT2D eigenvalue weighted by Gasteiger charge is -2.25. The van der Waals surface area contributed by atoms with E-state index in [2.05, 4.69) is 39.0 Å². The van der Waals surface area contributed by atoms with Crippen LogP contribution in [0, 0.1) is 6.92 Å². The highest BCUT2D eigenvalue weighted by Gasteiger charge is 2.32. The lowest BCUT2D eigenvalue weighted by Crippen LogP contribution is -2.17. The number of benzene rings is 1. The predicted octanol–water partition coefficient (Wildman–Crippen LogP) is 4.00. The minimum atomic E-state index is 0.468. The Morgan fingerprint density at radius 2 is 2.14 bits per heavy atom. The fourth-order valence-corrected chi connectivity index (χ4v) is 2.83. The van der Waals surface area contributed by atoms with Crippen LogP contribution >= 0.6 is 0 Å². The van der Waals surface area contributed by atoms with Gasteiger partial charge in [0.15, 0.2) is 0 Å². The average Bonchev–Trinajstić information content (AvgIpc) is 2.45. The maximum Gasteiger partial charge on any atom is -0.00694 e. The van der Waals surface area contributed by atoms with Gasteiger partial charge >= 0.3 is 0 Å². The molecule has 2 rings (SSSR count). The maximum atomic E-state index is 2.43. The van der Waals surface area contributed by atoms with E-state index in [4.69, 9.17) is 0 Å². The van der Waals surface area contributed by atoms with Crippen molar-refractivity contribution in [2.24, 2.45) is 0 Å². The third kappa shape index (κ3) is 1.47. The van der Waals surface area contributed by atoms with E-state index in [0.717, 1.165) is 0 Å². The Kier molecular flexibility index (Phi) is 2.38. The zero-order chi connectivity index (χ0) is 10.2. The summed E-state index contributed by atoms with van der Waals surface area (Å²) in [4.78, 5) is 0. The van der Waals surface area contributed by atoms with Crippen LogP contribution in [0.3, 0.4) is 0 Å². The molecule has 0 heteroatoms. The zero-order valence-electron chi connectivity index (χ0n) is 9.56. The van der Waals surface area contributed by atoms with Gasteiger partial charge in [0.25, 0.3) is 0 Å². The Morgan fingerprint density at radius 1 is 1.36 bits per heavy atom. The molecule has 0 fully saturated rings. The summed E-state index contributed by atoms with van der Waals surface area (Å²) in [5.74, 6) is 0. The molecule has 0 aliphatic heterocycles. The summed E-state index contributed by atoms with van der Waals surface area (Å²) in [6.45, 7) is 6.92. The molecule has 14 heavy (non-hydrogen) atoms. The smallest absolute Gasteiger partial charge is 0.00694 e. The van der Waals surface area contributed by atoms with Gasteiger partial charge in [0.2, 0.25) is 0 Å². The maximum absolute atomic E-state index is 2.43. The highest BCUT2D eigenvalue weighted by molar-refractivity contribution is 5.41. The van der Waals surface area contributed by atoms with Crippen LogP contribution < -0.4 is 0 Å². The van der Waals surface area contributed by atoms with E-state index >= 15 is 0 Å². The predicted molar refractivity (Wildman–Crippen MR) is 61.8 cm³/mol. The quantitative estimate of drug-likeness (QED) is 0.658. The molecule has 0 saturated carbocycles. The average molecular weight is 188 g/mol. The van der Waals surface area contributed by atoms with Crippen molar-refractivity contribution >= 4 is 0 Å². The second-order valence-electron chi connectivity index (χ2n) is 4.97. The van der Waals surface area contributed by atoms with Gasteiger partial charge in [-0.25, -0.2) is 0 Å². The lowest BCUT2D eigenvalue weighted by molar-refractivity contribution is 0.426. The van der Waals surface area contributed by atoms with E-state index in [1.165, 1.54) is 31.2 Å². The van der Waals surface area contributed by atoms with Gasteiger partial charge in [-0.05, 0) is 42.7 Å². The van der Waals surface area contributed by atoms with Gasteiger partial charge in [-0.15, -0.1) is 0 Å². The van der Waals surface area contributed by atoms with Crippen molar-refractivity contribution in [2.75, 3.05) is 0 Å². The van der Waals surface area contributed by atoms with E-state index in [-0.39, 0.29) is 0 Å². The van der Waals surface area contributed by atoms with E-state index in [9.17, 15) is 0 Å². The largest absolute Gasteiger partial charge is 0.0654 e. The molecule has 0 bridgehead atoms. The first-order chi connectivity index (χ1) is 6.65. The summed E-state index contributed by atoms with van der Waals surface area (Å²) in [7, 11) is 0. The third-order valence-electron chi connectivity index (χ3n) is 3.66. The van der Waals surface area contributed by atoms with Crippen molar-refractivity contribution in [3.63, 3.8) is 0 Å². The molecule has 1 aliphatic carbocycles. The molecule has 0 aromatic heterocycles. The second kappa shape index (κ2) is 3.42. The fourth-order valence-electron chi connectivity index (χ4n) is 2.83. The van der Waals surface area contributed by atoms with E-state index in [1.54, 1.807) is 11.1 Å². The van der Waals surface area contributed by atoms with Crippen LogP contribution in [0.4, 0.5) is 0 Å². The molecule has 0 saturated heterocycles. The van der Waals surface area contributed by atoms with Crippen molar-refractivity contribution in [3.8, 4) is 0 Å². The number of rotatable bonds is 2. The van der Waals surface area contributed by atoms with Crippen LogP contribution in [0.15, 0.2) is 18.2 Å². The lowest BCUT2D eigenvalue weighted by atomic mass is 9.80. The molecule has 76 valence electrons. The number of fused-ring (bicyclic) bond motifs is 1. The van der Waals surface area contributed by atoms with Crippen molar-refractivity contribution < 1.29 is 0 Å². The molecule has 1 atom stereocenters. The summed E-state index contributed by atoms with van der Waals surface area (Å²) >= 11 is 0. The number of aryl methyl sites for hydroxylation is 2. The van der Waals surface area contributed by atoms with Gasteiger partial charge in [-0.1, -0.05) is 44.0 Å². The molecule has 0 N–H and O–H groups in total. The fraction of sp³-hybridized carbons (Fsp3) is 0.571. The Balaban J connectivity index is 2.41. The second-order valence-corrected chi connectivity index (χ2v) is 4.97. The first-order valence-corrected chi connectivity index (χ1v) is 5.76. The van der Waals surface area contributed by atoms with Crippen molar-refractivity contribution in [2.45, 2.75) is 51.9 Å². The van der Waals surface area contributed by atoms with Gasteiger partial charge < -0.3 is 0 Å². The van der Waals surface area contributed by atoms with Crippen molar-refractivity contribution in [1.82, 2.24) is 0 Å². The third-order valence-corrected chi connectivity index (χ3v) is 3.66. The van der Waals surface area contributed by atoms with E-state index < -0.39 is 0 Å². The molecule has 1 aromatic rings. The Labute approximate surface area is 87.3 Å². The molecule has 0 radical (unpaired) electrons. The van der Waals surface area contributed by atoms with Gasteiger partial charge in [-0.3, -0.25) is 0 Å². The summed E-state index contributed by atoms with van der Waals surface area (Å²) in [6.07, 6.45) is 5.26. The van der Waals surface area contributed by atoms with E-state index in [0.29, 0.717) is 5.41 Å². The van der Waals surface area contributed by atoms with Crippen molar-refractivity contribution in [3.05, 3.63) is 34.9 Å². The molecule has 0 spiro atoms. The summed E-state index contributed by atoms with van der Waals surface area (Å²) in [5.41, 5.74) is 5.09. The molecular weight excluding hydrogens is 168 g/mol. The first kappa shape index (κ1) is 9.76. The molecule has 0 amide bonds. The SMILES string of the molecule is CCCC1(C)CCc2ccc(C)cc21. The minimum absolute atomic E-state index is 0.468. The van der Waals surface area contributed by atoms with Crippen LogP contribution in [0.25, 0.3) is 0 Å².